The van der Waals surface area contributed by atoms with E-state index >= 15 is 0 Å². The van der Waals surface area contributed by atoms with Crippen molar-refractivity contribution in [2.24, 2.45) is 5.73 Å². The van der Waals surface area contributed by atoms with Crippen molar-refractivity contribution in [2.75, 3.05) is 5.32 Å². The Morgan fingerprint density at radius 2 is 1.89 bits per heavy atom. The van der Waals surface area contributed by atoms with Crippen molar-refractivity contribution >= 4 is 45.5 Å². The molecule has 0 unspecified atom stereocenters. The highest BCUT2D eigenvalue weighted by atomic mass is 127. The SMILES string of the molecule is NC(=C1C(=O)Nc2ccccc21)c1cccc(I)c1. The van der Waals surface area contributed by atoms with Crippen LogP contribution in [0.4, 0.5) is 5.69 Å². The number of nitrogens with one attached hydrogen (secondary N) is 1. The number of anilines is 1. The summed E-state index contributed by atoms with van der Waals surface area (Å²) in [4.78, 5) is 12.1. The molecule has 0 aliphatic carbocycles. The minimum absolute atomic E-state index is 0.141. The Balaban J connectivity index is 2.20. The summed E-state index contributed by atoms with van der Waals surface area (Å²) in [5.74, 6) is -0.141. The second-order valence-corrected chi connectivity index (χ2v) is 5.54. The monoisotopic (exact) mass is 362 g/mol. The van der Waals surface area contributed by atoms with Gasteiger partial charge in [0, 0.05) is 14.8 Å². The van der Waals surface area contributed by atoms with E-state index in [0.29, 0.717) is 11.3 Å². The summed E-state index contributed by atoms with van der Waals surface area (Å²) < 4.78 is 1.09. The Morgan fingerprint density at radius 3 is 2.68 bits per heavy atom. The number of hydrogen-bond donors (Lipinski definition) is 2. The number of nitrogens with two attached hydrogens (primary N) is 1. The Bertz CT molecular complexity index is 707. The van der Waals surface area contributed by atoms with Gasteiger partial charge in [-0.2, -0.15) is 0 Å². The summed E-state index contributed by atoms with van der Waals surface area (Å²) in [5.41, 5.74) is 9.81. The van der Waals surface area contributed by atoms with Crippen LogP contribution in [0.1, 0.15) is 11.1 Å². The maximum Gasteiger partial charge on any atom is 0.258 e. The third-order valence-corrected chi connectivity index (χ3v) is 3.75. The fraction of sp³-hybridized carbons (Fsp3) is 0. The lowest BCUT2D eigenvalue weighted by atomic mass is 10.0. The van der Waals surface area contributed by atoms with Crippen LogP contribution in [0.5, 0.6) is 0 Å². The molecule has 0 bridgehead atoms. The molecule has 1 aliphatic rings. The number of fused-ring (bicyclic) bond motifs is 1. The summed E-state index contributed by atoms with van der Waals surface area (Å²) in [6, 6.07) is 15.4. The molecule has 1 heterocycles. The highest BCUT2D eigenvalue weighted by molar-refractivity contribution is 14.1. The summed E-state index contributed by atoms with van der Waals surface area (Å²) >= 11 is 2.23. The predicted octanol–water partition coefficient (Wildman–Crippen LogP) is 3.07. The van der Waals surface area contributed by atoms with Crippen LogP contribution in [0, 0.1) is 3.57 Å². The fourth-order valence-corrected chi connectivity index (χ4v) is 2.73. The average molecular weight is 362 g/mol. The van der Waals surface area contributed by atoms with E-state index in [1.165, 1.54) is 0 Å². The van der Waals surface area contributed by atoms with Gasteiger partial charge in [0.25, 0.3) is 5.91 Å². The molecule has 0 saturated heterocycles. The van der Waals surface area contributed by atoms with Gasteiger partial charge in [0.05, 0.1) is 11.3 Å². The number of carbonyl (C=O) groups excluding carboxylic acids is 1. The maximum absolute atomic E-state index is 12.1. The Hall–Kier alpha value is -1.82. The van der Waals surface area contributed by atoms with Crippen LogP contribution in [-0.4, -0.2) is 5.91 Å². The van der Waals surface area contributed by atoms with Crippen molar-refractivity contribution in [3.63, 3.8) is 0 Å². The van der Waals surface area contributed by atoms with Gasteiger partial charge in [0.15, 0.2) is 0 Å². The van der Waals surface area contributed by atoms with Gasteiger partial charge in [0.1, 0.15) is 0 Å². The van der Waals surface area contributed by atoms with Crippen LogP contribution < -0.4 is 11.1 Å². The van der Waals surface area contributed by atoms with Crippen molar-refractivity contribution in [1.29, 1.82) is 0 Å². The lowest BCUT2D eigenvalue weighted by Gasteiger charge is -2.06. The van der Waals surface area contributed by atoms with Gasteiger partial charge in [-0.05, 0) is 46.4 Å². The molecule has 2 aromatic carbocycles. The Morgan fingerprint density at radius 1 is 1.11 bits per heavy atom. The molecule has 0 atom stereocenters. The normalized spacial score (nSPS) is 15.9. The van der Waals surface area contributed by atoms with Gasteiger partial charge in [-0.15, -0.1) is 0 Å². The zero-order chi connectivity index (χ0) is 13.4. The summed E-state index contributed by atoms with van der Waals surface area (Å²) in [7, 11) is 0. The molecule has 0 aromatic heterocycles. The zero-order valence-corrected chi connectivity index (χ0v) is 12.1. The van der Waals surface area contributed by atoms with E-state index in [-0.39, 0.29) is 5.91 Å². The predicted molar refractivity (Wildman–Crippen MR) is 85.2 cm³/mol. The van der Waals surface area contributed by atoms with Crippen molar-refractivity contribution in [3.05, 3.63) is 63.2 Å². The summed E-state index contributed by atoms with van der Waals surface area (Å²) in [6.07, 6.45) is 0. The molecule has 19 heavy (non-hydrogen) atoms. The molecule has 0 spiro atoms. The largest absolute Gasteiger partial charge is 0.398 e. The first-order valence-electron chi connectivity index (χ1n) is 5.83. The highest BCUT2D eigenvalue weighted by Crippen LogP contribution is 2.34. The first-order valence-corrected chi connectivity index (χ1v) is 6.91. The van der Waals surface area contributed by atoms with Crippen molar-refractivity contribution in [1.82, 2.24) is 0 Å². The fourth-order valence-electron chi connectivity index (χ4n) is 2.18. The average Bonchev–Trinajstić information content (AvgIpc) is 2.74. The molecule has 94 valence electrons. The zero-order valence-electron chi connectivity index (χ0n) is 9.98. The number of carbonyl (C=O) groups is 1. The number of benzene rings is 2. The van der Waals surface area contributed by atoms with Crippen LogP contribution in [0.3, 0.4) is 0 Å². The van der Waals surface area contributed by atoms with Gasteiger partial charge in [-0.25, -0.2) is 0 Å². The molecule has 3 rings (SSSR count). The number of amides is 1. The number of halogens is 1. The maximum atomic E-state index is 12.1. The van der Waals surface area contributed by atoms with Crippen LogP contribution in [0.15, 0.2) is 48.5 Å². The molecule has 1 aliphatic heterocycles. The third kappa shape index (κ3) is 2.12. The summed E-state index contributed by atoms with van der Waals surface area (Å²) in [5, 5.41) is 2.83. The van der Waals surface area contributed by atoms with E-state index in [9.17, 15) is 4.79 Å². The minimum atomic E-state index is -0.141. The molecule has 2 aromatic rings. The van der Waals surface area contributed by atoms with E-state index in [2.05, 4.69) is 27.9 Å². The van der Waals surface area contributed by atoms with E-state index in [4.69, 9.17) is 5.73 Å². The van der Waals surface area contributed by atoms with Gasteiger partial charge in [-0.1, -0.05) is 30.3 Å². The molecule has 3 nitrogen and oxygen atoms in total. The number of hydrogen-bond acceptors (Lipinski definition) is 2. The van der Waals surface area contributed by atoms with E-state index in [0.717, 1.165) is 20.4 Å². The quantitative estimate of drug-likeness (QED) is 0.605. The lowest BCUT2D eigenvalue weighted by Crippen LogP contribution is -2.09. The van der Waals surface area contributed by atoms with Gasteiger partial charge >= 0.3 is 0 Å². The second-order valence-electron chi connectivity index (χ2n) is 4.30. The molecule has 0 fully saturated rings. The second kappa shape index (κ2) is 4.70. The van der Waals surface area contributed by atoms with Crippen LogP contribution in [-0.2, 0) is 4.79 Å². The Labute approximate surface area is 124 Å². The third-order valence-electron chi connectivity index (χ3n) is 3.08. The highest BCUT2D eigenvalue weighted by Gasteiger charge is 2.26. The van der Waals surface area contributed by atoms with Crippen LogP contribution >= 0.6 is 22.6 Å². The molecule has 1 amide bonds. The van der Waals surface area contributed by atoms with Crippen molar-refractivity contribution < 1.29 is 4.79 Å². The van der Waals surface area contributed by atoms with Crippen LogP contribution in [0.25, 0.3) is 11.3 Å². The van der Waals surface area contributed by atoms with Gasteiger partial charge in [-0.3, -0.25) is 4.79 Å². The number of rotatable bonds is 1. The molecule has 4 heteroatoms. The van der Waals surface area contributed by atoms with Gasteiger partial charge < -0.3 is 11.1 Å². The standard InChI is InChI=1S/C15H11IN2O/c16-10-5-3-4-9(8-10)14(17)13-11-6-1-2-7-12(11)18-15(13)19/h1-8H,17H2,(H,18,19). The molecule has 3 N–H and O–H groups in total. The lowest BCUT2D eigenvalue weighted by molar-refractivity contribution is -0.110. The smallest absolute Gasteiger partial charge is 0.258 e. The topological polar surface area (TPSA) is 55.1 Å². The first-order chi connectivity index (χ1) is 9.16. The minimum Gasteiger partial charge on any atom is -0.398 e. The van der Waals surface area contributed by atoms with E-state index in [1.807, 2.05) is 48.5 Å². The van der Waals surface area contributed by atoms with E-state index < -0.39 is 0 Å². The molecule has 0 radical (unpaired) electrons. The Kier molecular flexibility index (Phi) is 3.02. The first kappa shape index (κ1) is 12.2. The summed E-state index contributed by atoms with van der Waals surface area (Å²) in [6.45, 7) is 0. The molecule has 0 saturated carbocycles. The van der Waals surface area contributed by atoms with Crippen molar-refractivity contribution in [2.45, 2.75) is 0 Å². The molecular weight excluding hydrogens is 351 g/mol. The van der Waals surface area contributed by atoms with E-state index in [1.54, 1.807) is 0 Å². The van der Waals surface area contributed by atoms with Gasteiger partial charge in [0.2, 0.25) is 0 Å². The van der Waals surface area contributed by atoms with Crippen molar-refractivity contribution in [3.8, 4) is 0 Å². The van der Waals surface area contributed by atoms with Crippen LogP contribution in [0.2, 0.25) is 0 Å². The molecular formula is C15H11IN2O. The number of para-hydroxylation sites is 1.